The van der Waals surface area contributed by atoms with E-state index in [2.05, 4.69) is 20.6 Å². The Hall–Kier alpha value is -3.36. The van der Waals surface area contributed by atoms with Gasteiger partial charge in [-0.05, 0) is 24.3 Å². The van der Waals surface area contributed by atoms with E-state index in [0.717, 1.165) is 0 Å². The molecule has 5 N–H and O–H groups in total. The van der Waals surface area contributed by atoms with E-state index >= 15 is 0 Å². The van der Waals surface area contributed by atoms with Gasteiger partial charge in [-0.1, -0.05) is 0 Å². The normalized spacial score (nSPS) is 16.0. The molecule has 2 heterocycles. The number of benzene rings is 1. The van der Waals surface area contributed by atoms with Gasteiger partial charge in [-0.15, -0.1) is 0 Å². The Bertz CT molecular complexity index is 859. The maximum absolute atomic E-state index is 12.3. The minimum Gasteiger partial charge on any atom is -0.497 e. The van der Waals surface area contributed by atoms with Crippen LogP contribution in [-0.2, 0) is 9.59 Å². The largest absolute Gasteiger partial charge is 0.497 e. The highest BCUT2D eigenvalue weighted by molar-refractivity contribution is 5.99. The zero-order valence-electron chi connectivity index (χ0n) is 12.8. The number of nitrogens with two attached hydrogens (primary N) is 1. The maximum Gasteiger partial charge on any atom is 0.258 e. The third-order valence-electron chi connectivity index (χ3n) is 3.65. The molecule has 2 aromatic rings. The minimum atomic E-state index is -0.986. The lowest BCUT2D eigenvalue weighted by Crippen LogP contribution is -2.36. The lowest BCUT2D eigenvalue weighted by atomic mass is 9.93. The quantitative estimate of drug-likeness (QED) is 0.641. The van der Waals surface area contributed by atoms with E-state index in [0.29, 0.717) is 11.4 Å². The molecular formula is C15H15N5O4. The highest BCUT2D eigenvalue weighted by atomic mass is 16.5. The number of aromatic amines is 1. The summed E-state index contributed by atoms with van der Waals surface area (Å²) in [4.78, 5) is 42.2. The molecule has 0 saturated carbocycles. The van der Waals surface area contributed by atoms with Gasteiger partial charge < -0.3 is 21.1 Å². The number of hydrogen-bond acceptors (Lipinski definition) is 6. The van der Waals surface area contributed by atoms with Crippen LogP contribution in [0.25, 0.3) is 0 Å². The number of carbonyl (C=O) groups is 2. The van der Waals surface area contributed by atoms with Crippen LogP contribution in [-0.4, -0.2) is 28.9 Å². The summed E-state index contributed by atoms with van der Waals surface area (Å²) in [6.45, 7) is 0. The lowest BCUT2D eigenvalue weighted by Gasteiger charge is -2.21. The van der Waals surface area contributed by atoms with Gasteiger partial charge in [0.2, 0.25) is 17.8 Å². The number of carbonyl (C=O) groups excluding carboxylic acids is 2. The van der Waals surface area contributed by atoms with Gasteiger partial charge >= 0.3 is 0 Å². The zero-order chi connectivity index (χ0) is 17.3. The molecule has 3 rings (SSSR count). The topological polar surface area (TPSA) is 139 Å². The molecule has 0 spiro atoms. The average molecular weight is 329 g/mol. The monoisotopic (exact) mass is 329 g/mol. The van der Waals surface area contributed by atoms with Gasteiger partial charge in [0.15, 0.2) is 0 Å². The third-order valence-corrected chi connectivity index (χ3v) is 3.65. The summed E-state index contributed by atoms with van der Waals surface area (Å²) < 4.78 is 5.07. The second-order valence-corrected chi connectivity index (χ2v) is 5.24. The Morgan fingerprint density at radius 1 is 1.33 bits per heavy atom. The second kappa shape index (κ2) is 6.03. The standard InChI is InChI=1S/C15H15N5O4/c1-24-8-4-2-7(3-5-8)17-15-19-13-11(14(23)20-15)9(12(16)22)6-10(21)18-13/h2-5,9H,6H2,1H3,(H2,16,22)(H3,17,18,19,20,21,23)/t9-/m1/s1. The fraction of sp³-hybridized carbons (Fsp3) is 0.200. The van der Waals surface area contributed by atoms with Crippen LogP contribution in [0, 0.1) is 0 Å². The number of primary amides is 1. The summed E-state index contributed by atoms with van der Waals surface area (Å²) in [6, 6.07) is 6.96. The molecule has 1 aliphatic rings. The number of methoxy groups -OCH3 is 1. The Morgan fingerprint density at radius 3 is 2.67 bits per heavy atom. The Kier molecular flexibility index (Phi) is 3.90. The molecule has 0 saturated heterocycles. The number of H-pyrrole nitrogens is 1. The van der Waals surface area contributed by atoms with Crippen LogP contribution in [0.1, 0.15) is 17.9 Å². The maximum atomic E-state index is 12.3. The number of hydrogen-bond donors (Lipinski definition) is 4. The van der Waals surface area contributed by atoms with Crippen LogP contribution in [0.3, 0.4) is 0 Å². The molecule has 0 bridgehead atoms. The third kappa shape index (κ3) is 2.91. The summed E-state index contributed by atoms with van der Waals surface area (Å²) in [7, 11) is 1.56. The Balaban J connectivity index is 1.95. The SMILES string of the molecule is COc1ccc(Nc2nc3c(c(=O)[nH]2)[C@H](C(N)=O)CC(=O)N3)cc1. The molecule has 0 fully saturated rings. The van der Waals surface area contributed by atoms with Gasteiger partial charge in [-0.2, -0.15) is 4.98 Å². The van der Waals surface area contributed by atoms with Crippen LogP contribution < -0.4 is 26.7 Å². The molecule has 1 aromatic carbocycles. The summed E-state index contributed by atoms with van der Waals surface area (Å²) in [6.07, 6.45) is -0.168. The van der Waals surface area contributed by atoms with Gasteiger partial charge in [-0.25, -0.2) is 0 Å². The van der Waals surface area contributed by atoms with E-state index in [-0.39, 0.29) is 23.8 Å². The van der Waals surface area contributed by atoms with E-state index in [4.69, 9.17) is 10.5 Å². The number of nitrogens with one attached hydrogen (secondary N) is 3. The van der Waals surface area contributed by atoms with Crippen LogP contribution in [0.15, 0.2) is 29.1 Å². The average Bonchev–Trinajstić information content (AvgIpc) is 2.54. The number of rotatable bonds is 4. The molecule has 1 atom stereocenters. The molecule has 9 nitrogen and oxygen atoms in total. The lowest BCUT2D eigenvalue weighted by molar-refractivity contribution is -0.124. The first-order valence-corrected chi connectivity index (χ1v) is 7.12. The molecule has 2 amide bonds. The van der Waals surface area contributed by atoms with Crippen LogP contribution in [0.2, 0.25) is 0 Å². The van der Waals surface area contributed by atoms with Crippen molar-refractivity contribution in [1.29, 1.82) is 0 Å². The smallest absolute Gasteiger partial charge is 0.258 e. The van der Waals surface area contributed by atoms with E-state index in [9.17, 15) is 14.4 Å². The van der Waals surface area contributed by atoms with Gasteiger partial charge in [-0.3, -0.25) is 19.4 Å². The van der Waals surface area contributed by atoms with Crippen molar-refractivity contribution in [3.63, 3.8) is 0 Å². The molecule has 0 unspecified atom stereocenters. The number of amides is 2. The van der Waals surface area contributed by atoms with Crippen LogP contribution >= 0.6 is 0 Å². The Morgan fingerprint density at radius 2 is 2.04 bits per heavy atom. The summed E-state index contributed by atoms with van der Waals surface area (Å²) >= 11 is 0. The van der Waals surface area contributed by atoms with Gasteiger partial charge in [0.25, 0.3) is 5.56 Å². The van der Waals surface area contributed by atoms with Crippen molar-refractivity contribution < 1.29 is 14.3 Å². The molecule has 124 valence electrons. The number of fused-ring (bicyclic) bond motifs is 1. The predicted molar refractivity (Wildman–Crippen MR) is 86.3 cm³/mol. The van der Waals surface area contributed by atoms with Crippen molar-refractivity contribution >= 4 is 29.3 Å². The van der Waals surface area contributed by atoms with Crippen molar-refractivity contribution in [1.82, 2.24) is 9.97 Å². The molecular weight excluding hydrogens is 314 g/mol. The molecule has 1 aromatic heterocycles. The zero-order valence-corrected chi connectivity index (χ0v) is 12.8. The van der Waals surface area contributed by atoms with Crippen molar-refractivity contribution in [2.45, 2.75) is 12.3 Å². The van der Waals surface area contributed by atoms with Crippen molar-refractivity contribution in [3.05, 3.63) is 40.2 Å². The molecule has 9 heteroatoms. The second-order valence-electron chi connectivity index (χ2n) is 5.24. The summed E-state index contributed by atoms with van der Waals surface area (Å²) in [5.74, 6) is -1.29. The van der Waals surface area contributed by atoms with Gasteiger partial charge in [0.05, 0.1) is 18.6 Å². The van der Waals surface area contributed by atoms with E-state index < -0.39 is 23.3 Å². The fourth-order valence-electron chi connectivity index (χ4n) is 2.48. The van der Waals surface area contributed by atoms with Gasteiger partial charge in [0.1, 0.15) is 11.6 Å². The summed E-state index contributed by atoms with van der Waals surface area (Å²) in [5.41, 5.74) is 5.48. The van der Waals surface area contributed by atoms with Crippen molar-refractivity contribution in [3.8, 4) is 5.75 Å². The van der Waals surface area contributed by atoms with Gasteiger partial charge in [0, 0.05) is 12.1 Å². The number of nitrogens with zero attached hydrogens (tertiary/aromatic N) is 1. The molecule has 0 radical (unpaired) electrons. The van der Waals surface area contributed by atoms with E-state index in [1.54, 1.807) is 31.4 Å². The number of aromatic nitrogens is 2. The molecule has 24 heavy (non-hydrogen) atoms. The fourth-order valence-corrected chi connectivity index (χ4v) is 2.48. The number of ether oxygens (including phenoxy) is 1. The number of anilines is 3. The highest BCUT2D eigenvalue weighted by Crippen LogP contribution is 2.28. The molecule has 0 aliphatic carbocycles. The predicted octanol–water partition coefficient (Wildman–Crippen LogP) is 0.433. The van der Waals surface area contributed by atoms with Crippen LogP contribution in [0.4, 0.5) is 17.5 Å². The summed E-state index contributed by atoms with van der Waals surface area (Å²) in [5, 5.41) is 5.41. The molecule has 1 aliphatic heterocycles. The first-order valence-electron chi connectivity index (χ1n) is 7.12. The van der Waals surface area contributed by atoms with E-state index in [1.807, 2.05) is 0 Å². The first-order chi connectivity index (χ1) is 11.5. The Labute approximate surface area is 136 Å². The van der Waals surface area contributed by atoms with Crippen molar-refractivity contribution in [2.75, 3.05) is 17.7 Å². The first kappa shape index (κ1) is 15.5. The highest BCUT2D eigenvalue weighted by Gasteiger charge is 2.33. The van der Waals surface area contributed by atoms with E-state index in [1.165, 1.54) is 0 Å². The minimum absolute atomic E-state index is 0.0369. The van der Waals surface area contributed by atoms with Crippen LogP contribution in [0.5, 0.6) is 5.75 Å². The van der Waals surface area contributed by atoms with Crippen molar-refractivity contribution in [2.24, 2.45) is 5.73 Å².